The maximum atomic E-state index is 4.66. The monoisotopic (exact) mass is 200 g/mol. The van der Waals surface area contributed by atoms with E-state index in [2.05, 4.69) is 42.3 Å². The highest BCUT2D eigenvalue weighted by atomic mass is 14.8. The Bertz CT molecular complexity index is 489. The Kier molecular flexibility index (Phi) is 2.58. The Labute approximate surface area is 90.3 Å². The first-order valence-electron chi connectivity index (χ1n) is 5.34. The third-order valence-corrected chi connectivity index (χ3v) is 2.82. The Morgan fingerprint density at radius 2 is 2.00 bits per heavy atom. The summed E-state index contributed by atoms with van der Waals surface area (Å²) >= 11 is 0. The van der Waals surface area contributed by atoms with Crippen LogP contribution in [0, 0.1) is 6.92 Å². The summed E-state index contributed by atoms with van der Waals surface area (Å²) in [6.45, 7) is 4.27. The molecule has 78 valence electrons. The molecule has 1 N–H and O–H groups in total. The summed E-state index contributed by atoms with van der Waals surface area (Å²) in [7, 11) is 1.97. The number of fused-ring (bicyclic) bond motifs is 1. The van der Waals surface area contributed by atoms with Crippen molar-refractivity contribution in [3.05, 3.63) is 35.5 Å². The summed E-state index contributed by atoms with van der Waals surface area (Å²) in [6.07, 6.45) is 0.978. The lowest BCUT2D eigenvalue weighted by Gasteiger charge is -2.12. The van der Waals surface area contributed by atoms with Crippen molar-refractivity contribution in [3.8, 4) is 0 Å². The molecule has 2 rings (SSSR count). The zero-order valence-corrected chi connectivity index (χ0v) is 9.46. The smallest absolute Gasteiger partial charge is 0.0726 e. The summed E-state index contributed by atoms with van der Waals surface area (Å²) in [6, 6.07) is 8.26. The van der Waals surface area contributed by atoms with E-state index < -0.39 is 0 Å². The summed E-state index contributed by atoms with van der Waals surface area (Å²) < 4.78 is 0. The molecule has 0 amide bonds. The highest BCUT2D eigenvalue weighted by Gasteiger charge is 2.08. The topological polar surface area (TPSA) is 24.9 Å². The van der Waals surface area contributed by atoms with Crippen LogP contribution in [-0.2, 0) is 6.42 Å². The Morgan fingerprint density at radius 3 is 2.67 bits per heavy atom. The van der Waals surface area contributed by atoms with E-state index >= 15 is 0 Å². The zero-order chi connectivity index (χ0) is 10.8. The van der Waals surface area contributed by atoms with Gasteiger partial charge in [0.15, 0.2) is 0 Å². The fourth-order valence-corrected chi connectivity index (χ4v) is 2.02. The van der Waals surface area contributed by atoms with Crippen molar-refractivity contribution in [2.24, 2.45) is 0 Å². The third-order valence-electron chi connectivity index (χ3n) is 2.82. The average molecular weight is 200 g/mol. The molecule has 0 aliphatic rings. The first kappa shape index (κ1) is 9.97. The van der Waals surface area contributed by atoms with Gasteiger partial charge in [0.2, 0.25) is 0 Å². The third kappa shape index (κ3) is 1.56. The molecule has 2 heteroatoms. The van der Waals surface area contributed by atoms with E-state index in [0.29, 0.717) is 0 Å². The van der Waals surface area contributed by atoms with Gasteiger partial charge in [-0.15, -0.1) is 0 Å². The molecule has 0 radical (unpaired) electrons. The number of para-hydroxylation sites is 1. The number of benzene rings is 1. The molecule has 2 aromatic rings. The molecule has 0 bridgehead atoms. The number of nitrogens with zero attached hydrogens (tertiary/aromatic N) is 1. The van der Waals surface area contributed by atoms with E-state index in [1.807, 2.05) is 13.1 Å². The molecule has 2 nitrogen and oxygen atoms in total. The number of hydrogen-bond donors (Lipinski definition) is 1. The van der Waals surface area contributed by atoms with Crippen molar-refractivity contribution in [1.82, 2.24) is 4.98 Å². The van der Waals surface area contributed by atoms with Gasteiger partial charge in [0, 0.05) is 23.8 Å². The lowest BCUT2D eigenvalue weighted by atomic mass is 10.1. The SMILES string of the molecule is CCc1nc2ccccc2c(NC)c1C. The lowest BCUT2D eigenvalue weighted by molar-refractivity contribution is 1.03. The molecule has 15 heavy (non-hydrogen) atoms. The van der Waals surface area contributed by atoms with Crippen LogP contribution in [0.4, 0.5) is 5.69 Å². The predicted molar refractivity (Wildman–Crippen MR) is 65.4 cm³/mol. The van der Waals surface area contributed by atoms with Crippen molar-refractivity contribution in [2.45, 2.75) is 20.3 Å². The predicted octanol–water partition coefficient (Wildman–Crippen LogP) is 3.15. The fourth-order valence-electron chi connectivity index (χ4n) is 2.02. The summed E-state index contributed by atoms with van der Waals surface area (Å²) in [4.78, 5) is 4.66. The van der Waals surface area contributed by atoms with Crippen LogP contribution in [0.3, 0.4) is 0 Å². The van der Waals surface area contributed by atoms with Gasteiger partial charge in [-0.1, -0.05) is 25.1 Å². The van der Waals surface area contributed by atoms with Gasteiger partial charge in [-0.3, -0.25) is 4.98 Å². The summed E-state index contributed by atoms with van der Waals surface area (Å²) in [5, 5.41) is 4.48. The van der Waals surface area contributed by atoms with Crippen LogP contribution in [0.5, 0.6) is 0 Å². The van der Waals surface area contributed by atoms with E-state index in [-0.39, 0.29) is 0 Å². The molecule has 0 aliphatic carbocycles. The van der Waals surface area contributed by atoms with Gasteiger partial charge in [0.1, 0.15) is 0 Å². The lowest BCUT2D eigenvalue weighted by Crippen LogP contribution is -2.00. The molecule has 0 unspecified atom stereocenters. The van der Waals surface area contributed by atoms with E-state index in [9.17, 15) is 0 Å². The van der Waals surface area contributed by atoms with Gasteiger partial charge in [-0.05, 0) is 25.0 Å². The quantitative estimate of drug-likeness (QED) is 0.805. The fraction of sp³-hybridized carbons (Fsp3) is 0.308. The molecule has 0 saturated carbocycles. The van der Waals surface area contributed by atoms with Gasteiger partial charge >= 0.3 is 0 Å². The van der Waals surface area contributed by atoms with Gasteiger partial charge in [-0.25, -0.2) is 0 Å². The normalized spacial score (nSPS) is 10.6. The molecular weight excluding hydrogens is 184 g/mol. The first-order valence-corrected chi connectivity index (χ1v) is 5.34. The van der Waals surface area contributed by atoms with Gasteiger partial charge in [-0.2, -0.15) is 0 Å². The Morgan fingerprint density at radius 1 is 1.27 bits per heavy atom. The summed E-state index contributed by atoms with van der Waals surface area (Å²) in [5.41, 5.74) is 4.72. The van der Waals surface area contributed by atoms with Gasteiger partial charge < -0.3 is 5.32 Å². The van der Waals surface area contributed by atoms with Crippen LogP contribution >= 0.6 is 0 Å². The summed E-state index contributed by atoms with van der Waals surface area (Å²) in [5.74, 6) is 0. The van der Waals surface area contributed by atoms with E-state index in [4.69, 9.17) is 0 Å². The van der Waals surface area contributed by atoms with Crippen molar-refractivity contribution in [3.63, 3.8) is 0 Å². The van der Waals surface area contributed by atoms with Gasteiger partial charge in [0.25, 0.3) is 0 Å². The van der Waals surface area contributed by atoms with Crippen LogP contribution in [0.25, 0.3) is 10.9 Å². The molecule has 0 spiro atoms. The minimum absolute atomic E-state index is 0.978. The Balaban J connectivity index is 2.83. The highest BCUT2D eigenvalue weighted by Crippen LogP contribution is 2.27. The second kappa shape index (κ2) is 3.89. The molecule has 1 aromatic heterocycles. The number of nitrogens with one attached hydrogen (secondary N) is 1. The van der Waals surface area contributed by atoms with Crippen molar-refractivity contribution < 1.29 is 0 Å². The van der Waals surface area contributed by atoms with E-state index in [1.54, 1.807) is 0 Å². The van der Waals surface area contributed by atoms with Crippen LogP contribution in [0.2, 0.25) is 0 Å². The number of pyridine rings is 1. The number of rotatable bonds is 2. The maximum Gasteiger partial charge on any atom is 0.0726 e. The number of aromatic nitrogens is 1. The largest absolute Gasteiger partial charge is 0.387 e. The standard InChI is InChI=1S/C13H16N2/c1-4-11-9(2)13(14-3)10-7-5-6-8-12(10)15-11/h5-8H,4H2,1-3H3,(H,14,15). The van der Waals surface area contributed by atoms with E-state index in [0.717, 1.165) is 11.9 Å². The van der Waals surface area contributed by atoms with Crippen molar-refractivity contribution in [2.75, 3.05) is 12.4 Å². The minimum atomic E-state index is 0.978. The number of anilines is 1. The number of hydrogen-bond acceptors (Lipinski definition) is 2. The van der Waals surface area contributed by atoms with Crippen LogP contribution in [0.15, 0.2) is 24.3 Å². The molecule has 0 saturated heterocycles. The Hall–Kier alpha value is -1.57. The van der Waals surface area contributed by atoms with Crippen LogP contribution in [0.1, 0.15) is 18.2 Å². The molecule has 1 aromatic carbocycles. The molecule has 0 fully saturated rings. The van der Waals surface area contributed by atoms with E-state index in [1.165, 1.54) is 22.3 Å². The molecular formula is C13H16N2. The highest BCUT2D eigenvalue weighted by molar-refractivity contribution is 5.93. The molecule has 0 atom stereocenters. The zero-order valence-electron chi connectivity index (χ0n) is 9.46. The van der Waals surface area contributed by atoms with Crippen LogP contribution < -0.4 is 5.32 Å². The number of aryl methyl sites for hydroxylation is 1. The average Bonchev–Trinajstić information content (AvgIpc) is 2.28. The second-order valence-corrected chi connectivity index (χ2v) is 3.68. The minimum Gasteiger partial charge on any atom is -0.387 e. The van der Waals surface area contributed by atoms with Crippen molar-refractivity contribution in [1.29, 1.82) is 0 Å². The van der Waals surface area contributed by atoms with Gasteiger partial charge in [0.05, 0.1) is 5.52 Å². The molecule has 0 aliphatic heterocycles. The van der Waals surface area contributed by atoms with Crippen molar-refractivity contribution >= 4 is 16.6 Å². The second-order valence-electron chi connectivity index (χ2n) is 3.68. The molecule has 1 heterocycles. The maximum absolute atomic E-state index is 4.66. The first-order chi connectivity index (χ1) is 7.27. The van der Waals surface area contributed by atoms with Crippen LogP contribution in [-0.4, -0.2) is 12.0 Å².